The number of hydrogen-bond donors (Lipinski definition) is 0. The first-order valence-electron chi connectivity index (χ1n) is 7.79. The number of hydrogen-bond acceptors (Lipinski definition) is 4. The van der Waals surface area contributed by atoms with Gasteiger partial charge in [0.05, 0.1) is 21.1 Å². The Morgan fingerprint density at radius 1 is 1.16 bits per heavy atom. The molecule has 0 radical (unpaired) electrons. The van der Waals surface area contributed by atoms with E-state index in [1.54, 1.807) is 6.08 Å². The second kappa shape index (κ2) is 7.97. The summed E-state index contributed by atoms with van der Waals surface area (Å²) in [6.07, 6.45) is 2.69. The minimum Gasteiger partial charge on any atom is -0.491 e. The first-order chi connectivity index (χ1) is 12.1. The van der Waals surface area contributed by atoms with Crippen molar-refractivity contribution in [2.24, 2.45) is 5.16 Å². The molecule has 0 aromatic heterocycles. The number of nitrogens with zero attached hydrogens (tertiary/aromatic N) is 1. The lowest BCUT2D eigenvalue weighted by Gasteiger charge is -2.10. The molecule has 0 fully saturated rings. The summed E-state index contributed by atoms with van der Waals surface area (Å²) in [5.74, 6) is 0.285. The first-order valence-corrected chi connectivity index (χ1v) is 9.37. The van der Waals surface area contributed by atoms with E-state index >= 15 is 0 Å². The molecule has 0 aliphatic carbocycles. The Hall–Kier alpha value is -1.92. The topological polar surface area (TPSA) is 47.9 Å². The van der Waals surface area contributed by atoms with Crippen molar-refractivity contribution in [1.29, 1.82) is 0 Å². The summed E-state index contributed by atoms with van der Waals surface area (Å²) in [6, 6.07) is 13.3. The van der Waals surface area contributed by atoms with Crippen LogP contribution in [0.15, 0.2) is 62.1 Å². The number of benzene rings is 2. The molecular weight excluding hydrogens is 450 g/mol. The lowest BCUT2D eigenvalue weighted by atomic mass is 10.0. The summed E-state index contributed by atoms with van der Waals surface area (Å²) in [5, 5.41) is 3.92. The molecule has 0 unspecified atom stereocenters. The Labute approximate surface area is 162 Å². The van der Waals surface area contributed by atoms with Crippen LogP contribution in [0.5, 0.6) is 5.75 Å². The standard InChI is InChI=1S/C19H15Br2NO3/c1-2-8-24-18-15(20)10-12(11-16(18)21)9-14-17(22-25-19(14)23)13-6-4-3-5-7-13/h3-7,9-11H,2,8H2,1H3/b14-9-. The highest BCUT2D eigenvalue weighted by molar-refractivity contribution is 9.11. The molecule has 25 heavy (non-hydrogen) atoms. The number of oxime groups is 1. The van der Waals surface area contributed by atoms with Gasteiger partial charge in [-0.25, -0.2) is 4.79 Å². The van der Waals surface area contributed by atoms with Crippen molar-refractivity contribution in [2.75, 3.05) is 6.61 Å². The predicted molar refractivity (Wildman–Crippen MR) is 105 cm³/mol. The maximum absolute atomic E-state index is 12.1. The van der Waals surface area contributed by atoms with Crippen LogP contribution < -0.4 is 4.74 Å². The molecular formula is C19H15Br2NO3. The fourth-order valence-corrected chi connectivity index (χ4v) is 3.84. The van der Waals surface area contributed by atoms with Crippen molar-refractivity contribution in [2.45, 2.75) is 13.3 Å². The summed E-state index contributed by atoms with van der Waals surface area (Å²) < 4.78 is 7.35. The van der Waals surface area contributed by atoms with Gasteiger partial charge in [-0.1, -0.05) is 42.4 Å². The van der Waals surface area contributed by atoms with Gasteiger partial charge in [0.1, 0.15) is 11.5 Å². The Bertz CT molecular complexity index is 837. The average Bonchev–Trinajstić information content (AvgIpc) is 2.96. The number of ether oxygens (including phenoxy) is 1. The molecule has 0 atom stereocenters. The molecule has 128 valence electrons. The molecule has 1 aliphatic heterocycles. The summed E-state index contributed by atoms with van der Waals surface area (Å²) in [5.41, 5.74) is 2.62. The number of halogens is 2. The van der Waals surface area contributed by atoms with Gasteiger partial charge in [-0.15, -0.1) is 0 Å². The molecule has 0 amide bonds. The van der Waals surface area contributed by atoms with Gasteiger partial charge in [0.25, 0.3) is 0 Å². The normalized spacial score (nSPS) is 15.2. The Kier molecular flexibility index (Phi) is 5.71. The van der Waals surface area contributed by atoms with E-state index in [0.29, 0.717) is 17.9 Å². The van der Waals surface area contributed by atoms with Crippen LogP contribution in [0.2, 0.25) is 0 Å². The van der Waals surface area contributed by atoms with Gasteiger partial charge in [0.15, 0.2) is 0 Å². The van der Waals surface area contributed by atoms with Crippen molar-refractivity contribution in [3.8, 4) is 5.75 Å². The average molecular weight is 465 g/mol. The first kappa shape index (κ1) is 17.9. The fraction of sp³-hybridized carbons (Fsp3) is 0.158. The minimum atomic E-state index is -0.461. The zero-order valence-corrected chi connectivity index (χ0v) is 16.6. The summed E-state index contributed by atoms with van der Waals surface area (Å²) in [6.45, 7) is 2.69. The van der Waals surface area contributed by atoms with E-state index in [1.165, 1.54) is 0 Å². The summed E-state index contributed by atoms with van der Waals surface area (Å²) in [4.78, 5) is 17.0. The molecule has 0 N–H and O–H groups in total. The maximum atomic E-state index is 12.1. The second-order valence-corrected chi connectivity index (χ2v) is 7.11. The van der Waals surface area contributed by atoms with E-state index < -0.39 is 5.97 Å². The van der Waals surface area contributed by atoms with Crippen molar-refractivity contribution in [1.82, 2.24) is 0 Å². The van der Waals surface area contributed by atoms with Gasteiger partial charge in [0, 0.05) is 5.56 Å². The molecule has 2 aromatic carbocycles. The Morgan fingerprint density at radius 3 is 2.48 bits per heavy atom. The highest BCUT2D eigenvalue weighted by atomic mass is 79.9. The van der Waals surface area contributed by atoms with Crippen LogP contribution in [0.25, 0.3) is 6.08 Å². The lowest BCUT2D eigenvalue weighted by molar-refractivity contribution is -0.136. The molecule has 2 aromatic rings. The largest absolute Gasteiger partial charge is 0.491 e. The second-order valence-electron chi connectivity index (χ2n) is 5.40. The third kappa shape index (κ3) is 4.02. The van der Waals surface area contributed by atoms with Crippen LogP contribution in [-0.2, 0) is 9.63 Å². The SMILES string of the molecule is CCCOc1c(Br)cc(/C=C2\C(=O)ON=C2c2ccccc2)cc1Br. The van der Waals surface area contributed by atoms with Gasteiger partial charge < -0.3 is 9.57 Å². The highest BCUT2D eigenvalue weighted by Gasteiger charge is 2.26. The van der Waals surface area contributed by atoms with E-state index in [4.69, 9.17) is 9.57 Å². The highest BCUT2D eigenvalue weighted by Crippen LogP contribution is 2.36. The van der Waals surface area contributed by atoms with E-state index in [0.717, 1.165) is 32.2 Å². The van der Waals surface area contributed by atoms with Crippen LogP contribution in [0.4, 0.5) is 0 Å². The van der Waals surface area contributed by atoms with Crippen molar-refractivity contribution >= 4 is 49.6 Å². The van der Waals surface area contributed by atoms with Crippen molar-refractivity contribution < 1.29 is 14.4 Å². The molecule has 1 aliphatic rings. The van der Waals surface area contributed by atoms with Crippen LogP contribution >= 0.6 is 31.9 Å². The quantitative estimate of drug-likeness (QED) is 0.443. The van der Waals surface area contributed by atoms with Crippen LogP contribution in [-0.4, -0.2) is 18.3 Å². The van der Waals surface area contributed by atoms with Crippen molar-refractivity contribution in [3.05, 3.63) is 68.1 Å². The molecule has 0 spiro atoms. The molecule has 6 heteroatoms. The maximum Gasteiger partial charge on any atom is 0.368 e. The number of carbonyl (C=O) groups is 1. The Balaban J connectivity index is 1.96. The molecule has 4 nitrogen and oxygen atoms in total. The molecule has 0 saturated carbocycles. The summed E-state index contributed by atoms with van der Waals surface area (Å²) >= 11 is 7.04. The molecule has 0 saturated heterocycles. The predicted octanol–water partition coefficient (Wildman–Crippen LogP) is 5.34. The van der Waals surface area contributed by atoms with Gasteiger partial charge in [-0.05, 0) is 62.1 Å². The third-order valence-corrected chi connectivity index (χ3v) is 4.70. The minimum absolute atomic E-state index is 0.423. The smallest absolute Gasteiger partial charge is 0.368 e. The van der Waals surface area contributed by atoms with Crippen LogP contribution in [0, 0.1) is 0 Å². The third-order valence-electron chi connectivity index (χ3n) is 3.52. The van der Waals surface area contributed by atoms with E-state index in [-0.39, 0.29) is 0 Å². The summed E-state index contributed by atoms with van der Waals surface area (Å²) in [7, 11) is 0. The number of rotatable bonds is 5. The molecule has 1 heterocycles. The van der Waals surface area contributed by atoms with Gasteiger partial charge in [0.2, 0.25) is 0 Å². The van der Waals surface area contributed by atoms with Gasteiger partial charge in [-0.2, -0.15) is 0 Å². The van der Waals surface area contributed by atoms with Crippen LogP contribution in [0.1, 0.15) is 24.5 Å². The monoisotopic (exact) mass is 463 g/mol. The Morgan fingerprint density at radius 2 is 1.84 bits per heavy atom. The zero-order chi connectivity index (χ0) is 17.8. The zero-order valence-electron chi connectivity index (χ0n) is 13.5. The van der Waals surface area contributed by atoms with Crippen molar-refractivity contribution in [3.63, 3.8) is 0 Å². The van der Waals surface area contributed by atoms with E-state index in [1.807, 2.05) is 42.5 Å². The van der Waals surface area contributed by atoms with E-state index in [2.05, 4.69) is 43.9 Å². The van der Waals surface area contributed by atoms with Crippen LogP contribution in [0.3, 0.4) is 0 Å². The van der Waals surface area contributed by atoms with Gasteiger partial charge >= 0.3 is 5.97 Å². The fourth-order valence-electron chi connectivity index (χ4n) is 2.39. The number of carbonyl (C=O) groups excluding carboxylic acids is 1. The van der Waals surface area contributed by atoms with Gasteiger partial charge in [-0.3, -0.25) is 0 Å². The molecule has 0 bridgehead atoms. The molecule has 3 rings (SSSR count). The van der Waals surface area contributed by atoms with E-state index in [9.17, 15) is 4.79 Å². The lowest BCUT2D eigenvalue weighted by Crippen LogP contribution is -2.06.